The fourth-order valence-electron chi connectivity index (χ4n) is 6.14. The lowest BCUT2D eigenvalue weighted by Crippen LogP contribution is -2.60. The Morgan fingerprint density at radius 2 is 1.21 bits per heavy atom. The van der Waals surface area contributed by atoms with Crippen LogP contribution in [-0.4, -0.2) is 87.5 Å². The highest BCUT2D eigenvalue weighted by molar-refractivity contribution is 5.76. The summed E-state index contributed by atoms with van der Waals surface area (Å²) in [7, 11) is 0. The van der Waals surface area contributed by atoms with E-state index < -0.39 is 49.5 Å². The summed E-state index contributed by atoms with van der Waals surface area (Å²) in [5.74, 6) is -0.160. The lowest BCUT2D eigenvalue weighted by molar-refractivity contribution is -0.302. The number of hydrogen-bond acceptors (Lipinski definition) is 8. The maximum Gasteiger partial charge on any atom is 0.220 e. The minimum Gasteiger partial charge on any atom is -0.394 e. The number of allylic oxidation sites excluding steroid dienone is 2. The third-order valence-corrected chi connectivity index (χ3v) is 9.37. The minimum atomic E-state index is -1.55. The van der Waals surface area contributed by atoms with Gasteiger partial charge in [-0.15, -0.1) is 0 Å². The molecule has 0 bridgehead atoms. The quantitative estimate of drug-likeness (QED) is 0.0357. The summed E-state index contributed by atoms with van der Waals surface area (Å²) in [6.07, 6.45) is 23.6. The molecular weight excluding hydrogens is 598 g/mol. The van der Waals surface area contributed by atoms with E-state index in [1.54, 1.807) is 0 Å². The Morgan fingerprint density at radius 3 is 1.79 bits per heavy atom. The van der Waals surface area contributed by atoms with Crippen LogP contribution >= 0.6 is 0 Å². The summed E-state index contributed by atoms with van der Waals surface area (Å²) < 4.78 is 11.2. The average molecular weight is 672 g/mol. The topological polar surface area (TPSA) is 149 Å². The van der Waals surface area contributed by atoms with Gasteiger partial charge in [0.15, 0.2) is 6.29 Å². The normalized spacial score (nSPS) is 22.9. The number of hydrogen-bond donors (Lipinski definition) is 6. The zero-order chi connectivity index (χ0) is 34.5. The van der Waals surface area contributed by atoms with Crippen LogP contribution in [0.25, 0.3) is 0 Å². The Balaban J connectivity index is 2.42. The summed E-state index contributed by atoms with van der Waals surface area (Å²) in [5, 5.41) is 54.0. The molecule has 1 fully saturated rings. The van der Waals surface area contributed by atoms with Gasteiger partial charge in [0.05, 0.1) is 25.4 Å². The van der Waals surface area contributed by atoms with Crippen LogP contribution in [0.4, 0.5) is 0 Å². The lowest BCUT2D eigenvalue weighted by Gasteiger charge is -2.40. The van der Waals surface area contributed by atoms with Crippen LogP contribution in [0.1, 0.15) is 168 Å². The molecule has 1 heterocycles. The molecule has 7 atom stereocenters. The van der Waals surface area contributed by atoms with Crippen LogP contribution in [0.15, 0.2) is 12.2 Å². The van der Waals surface area contributed by atoms with Crippen molar-refractivity contribution in [1.82, 2.24) is 5.32 Å². The SMILES string of the molecule is CCCC/C=C\CCCCCCC(=O)NC(COC1OC(CO)C(O)C(O)C1O)C(O)CCCCCCCCCCCCCCCC. The lowest BCUT2D eigenvalue weighted by atomic mass is 9.99. The first-order chi connectivity index (χ1) is 22.8. The second kappa shape index (κ2) is 29.8. The van der Waals surface area contributed by atoms with Gasteiger partial charge in [-0.3, -0.25) is 4.79 Å². The highest BCUT2D eigenvalue weighted by Crippen LogP contribution is 2.23. The van der Waals surface area contributed by atoms with Crippen LogP contribution in [0, 0.1) is 0 Å². The van der Waals surface area contributed by atoms with Gasteiger partial charge in [0.1, 0.15) is 24.4 Å². The van der Waals surface area contributed by atoms with Crippen molar-refractivity contribution in [1.29, 1.82) is 0 Å². The molecule has 9 nitrogen and oxygen atoms in total. The van der Waals surface area contributed by atoms with E-state index in [0.29, 0.717) is 12.8 Å². The molecule has 1 amide bonds. The van der Waals surface area contributed by atoms with Gasteiger partial charge in [0, 0.05) is 6.42 Å². The molecule has 0 aromatic carbocycles. The van der Waals surface area contributed by atoms with Crippen molar-refractivity contribution in [3.63, 3.8) is 0 Å². The number of carbonyl (C=O) groups is 1. The highest BCUT2D eigenvalue weighted by Gasteiger charge is 2.44. The van der Waals surface area contributed by atoms with Crippen LogP contribution in [0.3, 0.4) is 0 Å². The zero-order valence-electron chi connectivity index (χ0n) is 30.0. The molecule has 1 aliphatic rings. The number of amides is 1. The first-order valence-corrected chi connectivity index (χ1v) is 19.4. The van der Waals surface area contributed by atoms with Crippen molar-refractivity contribution in [2.75, 3.05) is 13.2 Å². The van der Waals surface area contributed by atoms with E-state index in [2.05, 4.69) is 31.3 Å². The summed E-state index contributed by atoms with van der Waals surface area (Å²) in [4.78, 5) is 12.8. The van der Waals surface area contributed by atoms with E-state index in [0.717, 1.165) is 57.8 Å². The molecule has 1 rings (SSSR count). The van der Waals surface area contributed by atoms with E-state index in [1.807, 2.05) is 0 Å². The first-order valence-electron chi connectivity index (χ1n) is 19.4. The van der Waals surface area contributed by atoms with Gasteiger partial charge < -0.3 is 40.3 Å². The molecule has 0 radical (unpaired) electrons. The highest BCUT2D eigenvalue weighted by atomic mass is 16.7. The summed E-state index contributed by atoms with van der Waals surface area (Å²) >= 11 is 0. The molecule has 1 aliphatic heterocycles. The maximum absolute atomic E-state index is 12.8. The number of nitrogens with one attached hydrogen (secondary N) is 1. The fourth-order valence-corrected chi connectivity index (χ4v) is 6.14. The second-order valence-corrected chi connectivity index (χ2v) is 13.7. The van der Waals surface area contributed by atoms with Crippen LogP contribution < -0.4 is 5.32 Å². The summed E-state index contributed by atoms with van der Waals surface area (Å²) in [6.45, 7) is 3.76. The largest absolute Gasteiger partial charge is 0.394 e. The predicted molar refractivity (Wildman–Crippen MR) is 189 cm³/mol. The van der Waals surface area contributed by atoms with Gasteiger partial charge >= 0.3 is 0 Å². The number of aliphatic hydroxyl groups excluding tert-OH is 5. The standard InChI is InChI=1S/C38H73NO8/c1-3-5-7-9-11-13-15-16-17-18-19-21-23-25-27-32(41)31(30-46-38-37(45)36(44)35(43)33(29-40)47-38)39-34(42)28-26-24-22-20-14-12-10-8-6-4-2/h10,12,31-33,35-38,40-41,43-45H,3-9,11,13-30H2,1-2H3,(H,39,42)/b12-10-. The number of aliphatic hydroxyl groups is 5. The van der Waals surface area contributed by atoms with Gasteiger partial charge in [0.25, 0.3) is 0 Å². The fraction of sp³-hybridized carbons (Fsp3) is 0.921. The van der Waals surface area contributed by atoms with Crippen LogP contribution in [0.5, 0.6) is 0 Å². The van der Waals surface area contributed by atoms with E-state index in [9.17, 15) is 30.3 Å². The van der Waals surface area contributed by atoms with Gasteiger partial charge in [-0.05, 0) is 32.1 Å². The number of carbonyl (C=O) groups excluding carboxylic acids is 1. The van der Waals surface area contributed by atoms with Gasteiger partial charge in [0.2, 0.25) is 5.91 Å². The van der Waals surface area contributed by atoms with Crippen molar-refractivity contribution in [2.24, 2.45) is 0 Å². The van der Waals surface area contributed by atoms with Gasteiger partial charge in [-0.25, -0.2) is 0 Å². The van der Waals surface area contributed by atoms with Gasteiger partial charge in [-0.2, -0.15) is 0 Å². The Bertz CT molecular complexity index is 751. The van der Waals surface area contributed by atoms with E-state index in [-0.39, 0.29) is 12.5 Å². The molecule has 9 heteroatoms. The van der Waals surface area contributed by atoms with Crippen molar-refractivity contribution in [3.8, 4) is 0 Å². The van der Waals surface area contributed by atoms with Crippen LogP contribution in [0.2, 0.25) is 0 Å². The molecule has 0 aliphatic carbocycles. The van der Waals surface area contributed by atoms with Crippen molar-refractivity contribution >= 4 is 5.91 Å². The Morgan fingerprint density at radius 1 is 0.702 bits per heavy atom. The summed E-state index contributed by atoms with van der Waals surface area (Å²) in [6, 6.07) is -0.718. The first kappa shape index (κ1) is 44.0. The summed E-state index contributed by atoms with van der Waals surface area (Å²) in [5.41, 5.74) is 0. The molecule has 7 unspecified atom stereocenters. The number of ether oxygens (including phenoxy) is 2. The Hall–Kier alpha value is -1.07. The molecule has 0 aromatic rings. The molecule has 0 aromatic heterocycles. The van der Waals surface area contributed by atoms with E-state index in [1.165, 1.54) is 83.5 Å². The Labute approximate surface area is 286 Å². The van der Waals surface area contributed by atoms with Crippen molar-refractivity contribution in [2.45, 2.75) is 211 Å². The number of rotatable bonds is 31. The average Bonchev–Trinajstić information content (AvgIpc) is 3.07. The molecule has 47 heavy (non-hydrogen) atoms. The van der Waals surface area contributed by atoms with Crippen LogP contribution in [-0.2, 0) is 14.3 Å². The molecule has 6 N–H and O–H groups in total. The van der Waals surface area contributed by atoms with Crippen molar-refractivity contribution < 1.29 is 39.8 Å². The molecular formula is C38H73NO8. The van der Waals surface area contributed by atoms with Crippen molar-refractivity contribution in [3.05, 3.63) is 12.2 Å². The smallest absolute Gasteiger partial charge is 0.220 e. The Kier molecular flexibility index (Phi) is 27.9. The molecule has 1 saturated heterocycles. The third kappa shape index (κ3) is 21.6. The molecule has 0 saturated carbocycles. The third-order valence-electron chi connectivity index (χ3n) is 9.37. The predicted octanol–water partition coefficient (Wildman–Crippen LogP) is 6.61. The maximum atomic E-state index is 12.8. The van der Waals surface area contributed by atoms with Gasteiger partial charge in [-0.1, -0.05) is 142 Å². The minimum absolute atomic E-state index is 0.140. The molecule has 0 spiro atoms. The molecule has 278 valence electrons. The zero-order valence-corrected chi connectivity index (χ0v) is 30.0. The second-order valence-electron chi connectivity index (χ2n) is 13.7. The number of unbranched alkanes of at least 4 members (excludes halogenated alkanes) is 19. The van der Waals surface area contributed by atoms with E-state index >= 15 is 0 Å². The van der Waals surface area contributed by atoms with E-state index in [4.69, 9.17) is 9.47 Å². The monoisotopic (exact) mass is 672 g/mol.